The molecule has 2 aromatic carbocycles. The molecule has 1 saturated carbocycles. The van der Waals surface area contributed by atoms with Gasteiger partial charge in [-0.1, -0.05) is 36.8 Å². The third-order valence-corrected chi connectivity index (χ3v) is 6.55. The molecule has 0 bridgehead atoms. The third-order valence-electron chi connectivity index (χ3n) is 6.55. The number of hydrogen-bond donors (Lipinski definition) is 2. The van der Waals surface area contributed by atoms with Crippen molar-refractivity contribution in [2.24, 2.45) is 5.92 Å². The van der Waals surface area contributed by atoms with Crippen molar-refractivity contribution in [3.8, 4) is 0 Å². The van der Waals surface area contributed by atoms with E-state index in [-0.39, 0.29) is 43.4 Å². The maximum Gasteiger partial charge on any atom is 0.416 e. The van der Waals surface area contributed by atoms with Crippen LogP contribution in [0.4, 0.5) is 23.7 Å². The van der Waals surface area contributed by atoms with Crippen LogP contribution in [0.1, 0.15) is 54.8 Å². The van der Waals surface area contributed by atoms with Crippen LogP contribution >= 0.6 is 0 Å². The number of anilines is 1. The van der Waals surface area contributed by atoms with Crippen molar-refractivity contribution >= 4 is 23.7 Å². The van der Waals surface area contributed by atoms with Gasteiger partial charge in [-0.05, 0) is 42.2 Å². The highest BCUT2D eigenvalue weighted by Crippen LogP contribution is 2.48. The average Bonchev–Trinajstić information content (AvgIpc) is 3.30. The Bertz CT molecular complexity index is 1100. The smallest absolute Gasteiger partial charge is 0.416 e. The lowest BCUT2D eigenvalue weighted by molar-refractivity contribution is -0.139. The first-order valence-corrected chi connectivity index (χ1v) is 11.4. The molecular formula is C25H25F3N2O5. The minimum atomic E-state index is -4.44. The maximum absolute atomic E-state index is 13.2. The number of para-hydroxylation sites is 1. The number of benzene rings is 2. The number of nitrogens with one attached hydrogen (secondary N) is 1. The van der Waals surface area contributed by atoms with Gasteiger partial charge in [-0.25, -0.2) is 4.79 Å². The van der Waals surface area contributed by atoms with Crippen molar-refractivity contribution in [3.05, 3.63) is 65.2 Å². The number of aliphatic carboxylic acids is 1. The van der Waals surface area contributed by atoms with E-state index in [1.807, 2.05) is 6.07 Å². The summed E-state index contributed by atoms with van der Waals surface area (Å²) in [5, 5.41) is 11.8. The molecule has 7 nitrogen and oxygen atoms in total. The molecule has 35 heavy (non-hydrogen) atoms. The van der Waals surface area contributed by atoms with E-state index in [0.717, 1.165) is 30.5 Å². The molecule has 2 aliphatic rings. The zero-order chi connectivity index (χ0) is 25.2. The summed E-state index contributed by atoms with van der Waals surface area (Å²) in [5.74, 6) is -1.49. The second-order valence-electron chi connectivity index (χ2n) is 8.78. The average molecular weight is 490 g/mol. The van der Waals surface area contributed by atoms with Gasteiger partial charge < -0.3 is 15.2 Å². The third kappa shape index (κ3) is 5.41. The quantitative estimate of drug-likeness (QED) is 0.591. The number of halogens is 3. The topological polar surface area (TPSA) is 95.9 Å². The Morgan fingerprint density at radius 1 is 1.03 bits per heavy atom. The van der Waals surface area contributed by atoms with Gasteiger partial charge in [0.2, 0.25) is 5.91 Å². The van der Waals surface area contributed by atoms with Crippen LogP contribution in [0, 0.1) is 5.92 Å². The molecule has 2 amide bonds. The number of carboxylic acids is 1. The van der Waals surface area contributed by atoms with E-state index in [0.29, 0.717) is 17.7 Å². The van der Waals surface area contributed by atoms with E-state index in [4.69, 9.17) is 9.84 Å². The first kappa shape index (κ1) is 24.6. The zero-order valence-corrected chi connectivity index (χ0v) is 18.8. The molecule has 3 unspecified atom stereocenters. The number of alkyl halides is 3. The summed E-state index contributed by atoms with van der Waals surface area (Å²) in [6.07, 6.45) is -3.13. The van der Waals surface area contributed by atoms with Crippen LogP contribution in [0.25, 0.3) is 0 Å². The van der Waals surface area contributed by atoms with E-state index in [9.17, 15) is 27.6 Å². The molecule has 2 aromatic rings. The normalized spacial score (nSPS) is 21.1. The van der Waals surface area contributed by atoms with Gasteiger partial charge in [-0.3, -0.25) is 14.5 Å². The molecular weight excluding hydrogens is 465 g/mol. The van der Waals surface area contributed by atoms with Gasteiger partial charge in [0.05, 0.1) is 23.7 Å². The molecule has 186 valence electrons. The number of carbonyl (C=O) groups excluding carboxylic acids is 2. The largest absolute Gasteiger partial charge is 0.481 e. The van der Waals surface area contributed by atoms with Crippen molar-refractivity contribution in [3.63, 3.8) is 0 Å². The summed E-state index contributed by atoms with van der Waals surface area (Å²) >= 11 is 0. The number of nitrogens with zero attached hydrogens (tertiary/aromatic N) is 1. The van der Waals surface area contributed by atoms with Crippen LogP contribution in [-0.4, -0.2) is 29.1 Å². The summed E-state index contributed by atoms with van der Waals surface area (Å²) in [4.78, 5) is 38.0. The zero-order valence-electron chi connectivity index (χ0n) is 18.8. The molecule has 0 spiro atoms. The molecule has 0 radical (unpaired) electrons. The van der Waals surface area contributed by atoms with Gasteiger partial charge >= 0.3 is 18.2 Å². The van der Waals surface area contributed by atoms with Crippen LogP contribution in [0.2, 0.25) is 0 Å². The highest BCUT2D eigenvalue weighted by atomic mass is 19.4. The number of fused-ring (bicyclic) bond motifs is 2. The highest BCUT2D eigenvalue weighted by molar-refractivity contribution is 5.91. The number of carboxylic acid groups (broad SMARTS) is 1. The van der Waals surface area contributed by atoms with Crippen molar-refractivity contribution in [1.29, 1.82) is 0 Å². The van der Waals surface area contributed by atoms with E-state index in [2.05, 4.69) is 5.32 Å². The Morgan fingerprint density at radius 3 is 2.43 bits per heavy atom. The second kappa shape index (κ2) is 9.97. The van der Waals surface area contributed by atoms with Crippen molar-refractivity contribution in [1.82, 2.24) is 5.32 Å². The van der Waals surface area contributed by atoms with Gasteiger partial charge in [-0.2, -0.15) is 13.2 Å². The number of hydrogen-bond acceptors (Lipinski definition) is 4. The lowest BCUT2D eigenvalue weighted by Crippen LogP contribution is -2.51. The first-order valence-electron chi connectivity index (χ1n) is 11.4. The van der Waals surface area contributed by atoms with E-state index in [1.54, 1.807) is 23.1 Å². The van der Waals surface area contributed by atoms with E-state index >= 15 is 0 Å². The van der Waals surface area contributed by atoms with Gasteiger partial charge in [0.1, 0.15) is 6.61 Å². The number of carbonyl (C=O) groups is 3. The predicted molar refractivity (Wildman–Crippen MR) is 119 cm³/mol. The van der Waals surface area contributed by atoms with Crippen molar-refractivity contribution in [2.45, 2.75) is 57.0 Å². The van der Waals surface area contributed by atoms with E-state index in [1.165, 1.54) is 12.1 Å². The molecule has 1 heterocycles. The minimum absolute atomic E-state index is 0.0719. The lowest BCUT2D eigenvalue weighted by atomic mass is 9.83. The summed E-state index contributed by atoms with van der Waals surface area (Å²) in [6, 6.07) is 11.0. The Morgan fingerprint density at radius 2 is 1.74 bits per heavy atom. The summed E-state index contributed by atoms with van der Waals surface area (Å²) < 4.78 is 43.9. The first-order chi connectivity index (χ1) is 16.6. The minimum Gasteiger partial charge on any atom is -0.481 e. The number of amides is 2. The molecule has 3 atom stereocenters. The van der Waals surface area contributed by atoms with E-state index < -0.39 is 23.8 Å². The van der Waals surface area contributed by atoms with Crippen LogP contribution in [0.3, 0.4) is 0 Å². The standard InChI is InChI=1S/C25H25F3N2O5/c26-25(27,28)16-10-8-15(9-11-16)14-35-24(34)30-19-6-2-1-4-17(19)23(18-5-3-7-20(18)30)29-21(31)12-13-22(32)33/h1-2,4,6,8-11,18,20,23H,3,5,7,12-14H2,(H,29,31)(H,32,33). The Kier molecular flexibility index (Phi) is 7.00. The van der Waals surface area contributed by atoms with Gasteiger partial charge in [0, 0.05) is 18.4 Å². The maximum atomic E-state index is 13.2. The van der Waals surface area contributed by atoms with Crippen LogP contribution < -0.4 is 10.2 Å². The summed E-state index contributed by atoms with van der Waals surface area (Å²) in [5.41, 5.74) is 0.994. The van der Waals surface area contributed by atoms with Gasteiger partial charge in [0.25, 0.3) is 0 Å². The SMILES string of the molecule is O=C(O)CCC(=O)NC1c2ccccc2N(C(=O)OCc2ccc(C(F)(F)F)cc2)C2CCCC12. The number of ether oxygens (including phenoxy) is 1. The molecule has 1 aliphatic heterocycles. The molecule has 0 saturated heterocycles. The van der Waals surface area contributed by atoms with Crippen LogP contribution in [-0.2, 0) is 27.1 Å². The Hall–Kier alpha value is -3.56. The molecule has 10 heteroatoms. The number of rotatable bonds is 6. The monoisotopic (exact) mass is 490 g/mol. The predicted octanol–water partition coefficient (Wildman–Crippen LogP) is 5.05. The second-order valence-corrected chi connectivity index (χ2v) is 8.78. The highest BCUT2D eigenvalue weighted by Gasteiger charge is 2.46. The molecule has 1 aliphatic carbocycles. The summed E-state index contributed by atoms with van der Waals surface area (Å²) in [6.45, 7) is -0.178. The van der Waals surface area contributed by atoms with Gasteiger partial charge in [0.15, 0.2) is 0 Å². The fraction of sp³-hybridized carbons (Fsp3) is 0.400. The van der Waals surface area contributed by atoms with Crippen molar-refractivity contribution < 1.29 is 37.4 Å². The summed E-state index contributed by atoms with van der Waals surface area (Å²) in [7, 11) is 0. The molecule has 0 aromatic heterocycles. The lowest BCUT2D eigenvalue weighted by Gasteiger charge is -2.43. The molecule has 4 rings (SSSR count). The Labute approximate surface area is 199 Å². The Balaban J connectivity index is 1.52. The molecule has 1 fully saturated rings. The fourth-order valence-electron chi connectivity index (χ4n) is 4.95. The van der Waals surface area contributed by atoms with Crippen LogP contribution in [0.15, 0.2) is 48.5 Å². The fourth-order valence-corrected chi connectivity index (χ4v) is 4.95. The van der Waals surface area contributed by atoms with Crippen LogP contribution in [0.5, 0.6) is 0 Å². The van der Waals surface area contributed by atoms with Crippen molar-refractivity contribution in [2.75, 3.05) is 4.90 Å². The molecule has 2 N–H and O–H groups in total. The van der Waals surface area contributed by atoms with Gasteiger partial charge in [-0.15, -0.1) is 0 Å².